The van der Waals surface area contributed by atoms with Crippen molar-refractivity contribution < 1.29 is 0 Å². The van der Waals surface area contributed by atoms with Crippen LogP contribution in [-0.4, -0.2) is 9.78 Å². The zero-order valence-electron chi connectivity index (χ0n) is 7.50. The monoisotopic (exact) mass is 286 g/mol. The number of hydrogen-bond acceptors (Lipinski definition) is 1. The number of rotatable bonds is 2. The molecule has 0 aliphatic carbocycles. The summed E-state index contributed by atoms with van der Waals surface area (Å²) in [6.07, 6.45) is 3.24. The van der Waals surface area contributed by atoms with E-state index in [0.29, 0.717) is 0 Å². The fourth-order valence-electron chi connectivity index (χ4n) is 1.39. The molecule has 2 nitrogen and oxygen atoms in total. The second kappa shape index (κ2) is 3.65. The molecular weight excluding hydrogens is 275 g/mol. The summed E-state index contributed by atoms with van der Waals surface area (Å²) in [7, 11) is 0. The Morgan fingerprint density at radius 3 is 3.08 bits per heavy atom. The molecule has 68 valence electrons. The summed E-state index contributed by atoms with van der Waals surface area (Å²) < 4.78 is 3.28. The standard InChI is InChI=1S/C10H11IN2/c1-2-5-13-7-8-6-9(11)3-4-10(8)12-13/h3-4,6-7H,2,5H2,1H3. The van der Waals surface area contributed by atoms with Crippen molar-refractivity contribution in [1.82, 2.24) is 9.78 Å². The Hall–Kier alpha value is -0.580. The largest absolute Gasteiger partial charge is 0.272 e. The molecule has 3 heteroatoms. The van der Waals surface area contributed by atoms with Crippen molar-refractivity contribution >= 4 is 33.5 Å². The van der Waals surface area contributed by atoms with Crippen LogP contribution < -0.4 is 0 Å². The lowest BCUT2D eigenvalue weighted by Crippen LogP contribution is -1.95. The minimum atomic E-state index is 1.01. The number of hydrogen-bond donors (Lipinski definition) is 0. The summed E-state index contributed by atoms with van der Waals surface area (Å²) in [6, 6.07) is 6.32. The number of benzene rings is 1. The molecule has 1 heterocycles. The molecule has 1 aromatic carbocycles. The normalized spacial score (nSPS) is 10.9. The molecule has 0 bridgehead atoms. The van der Waals surface area contributed by atoms with Crippen LogP contribution in [-0.2, 0) is 6.54 Å². The van der Waals surface area contributed by atoms with Crippen LogP contribution >= 0.6 is 22.6 Å². The SMILES string of the molecule is CCCn1cc2cc(I)ccc2n1. The van der Waals surface area contributed by atoms with Crippen molar-refractivity contribution in [3.05, 3.63) is 28.0 Å². The molecule has 0 atom stereocenters. The highest BCUT2D eigenvalue weighted by Crippen LogP contribution is 2.15. The van der Waals surface area contributed by atoms with Gasteiger partial charge < -0.3 is 0 Å². The van der Waals surface area contributed by atoms with E-state index in [1.165, 1.54) is 8.96 Å². The maximum atomic E-state index is 4.46. The van der Waals surface area contributed by atoms with E-state index in [1.54, 1.807) is 0 Å². The topological polar surface area (TPSA) is 17.8 Å². The zero-order chi connectivity index (χ0) is 9.26. The molecule has 0 spiro atoms. The van der Waals surface area contributed by atoms with Gasteiger partial charge in [-0.25, -0.2) is 0 Å². The van der Waals surface area contributed by atoms with E-state index < -0.39 is 0 Å². The third kappa shape index (κ3) is 1.85. The van der Waals surface area contributed by atoms with Crippen molar-refractivity contribution in [3.63, 3.8) is 0 Å². The summed E-state index contributed by atoms with van der Waals surface area (Å²) in [5, 5.41) is 5.69. The lowest BCUT2D eigenvalue weighted by atomic mass is 10.3. The van der Waals surface area contributed by atoms with E-state index >= 15 is 0 Å². The number of nitrogens with zero attached hydrogens (tertiary/aromatic N) is 2. The molecule has 2 aromatic rings. The average molecular weight is 286 g/mol. The van der Waals surface area contributed by atoms with Crippen LogP contribution in [0.1, 0.15) is 13.3 Å². The lowest BCUT2D eigenvalue weighted by Gasteiger charge is -1.93. The van der Waals surface area contributed by atoms with Crippen molar-refractivity contribution in [2.24, 2.45) is 0 Å². The van der Waals surface area contributed by atoms with E-state index in [9.17, 15) is 0 Å². The fourth-order valence-corrected chi connectivity index (χ4v) is 1.91. The molecule has 0 aliphatic heterocycles. The zero-order valence-corrected chi connectivity index (χ0v) is 9.65. The van der Waals surface area contributed by atoms with Crippen molar-refractivity contribution in [1.29, 1.82) is 0 Å². The first-order chi connectivity index (χ1) is 6.29. The van der Waals surface area contributed by atoms with Gasteiger partial charge in [-0.2, -0.15) is 5.10 Å². The molecule has 1 aromatic heterocycles. The molecule has 0 N–H and O–H groups in total. The van der Waals surface area contributed by atoms with Crippen molar-refractivity contribution in [3.8, 4) is 0 Å². The van der Waals surface area contributed by atoms with Crippen molar-refractivity contribution in [2.75, 3.05) is 0 Å². The third-order valence-electron chi connectivity index (χ3n) is 1.97. The van der Waals surface area contributed by atoms with Crippen LogP contribution in [0, 0.1) is 3.57 Å². The Morgan fingerprint density at radius 1 is 1.46 bits per heavy atom. The van der Waals surface area contributed by atoms with Gasteiger partial charge in [-0.15, -0.1) is 0 Å². The maximum Gasteiger partial charge on any atom is 0.0924 e. The maximum absolute atomic E-state index is 4.46. The van der Waals surface area contributed by atoms with E-state index in [0.717, 1.165) is 18.5 Å². The minimum absolute atomic E-state index is 1.01. The van der Waals surface area contributed by atoms with Gasteiger partial charge in [0.2, 0.25) is 0 Å². The molecular formula is C10H11IN2. The third-order valence-corrected chi connectivity index (χ3v) is 2.64. The summed E-state index contributed by atoms with van der Waals surface area (Å²) in [4.78, 5) is 0. The van der Waals surface area contributed by atoms with E-state index in [2.05, 4.69) is 59.0 Å². The minimum Gasteiger partial charge on any atom is -0.272 e. The Morgan fingerprint density at radius 2 is 2.31 bits per heavy atom. The van der Waals surface area contributed by atoms with Gasteiger partial charge in [0.05, 0.1) is 5.52 Å². The predicted molar refractivity (Wildman–Crippen MR) is 62.7 cm³/mol. The molecule has 0 fully saturated rings. The number of fused-ring (bicyclic) bond motifs is 1. The Bertz CT molecular complexity index is 420. The van der Waals surface area contributed by atoms with Gasteiger partial charge in [-0.05, 0) is 47.2 Å². The number of aryl methyl sites for hydroxylation is 1. The first-order valence-corrected chi connectivity index (χ1v) is 5.50. The van der Waals surface area contributed by atoms with Crippen molar-refractivity contribution in [2.45, 2.75) is 19.9 Å². The predicted octanol–water partition coefficient (Wildman–Crippen LogP) is 3.05. The molecule has 0 saturated heterocycles. The molecule has 0 aliphatic rings. The summed E-state index contributed by atoms with van der Waals surface area (Å²) in [5.41, 5.74) is 1.09. The highest BCUT2D eigenvalue weighted by molar-refractivity contribution is 14.1. The first kappa shape index (κ1) is 8.99. The van der Waals surface area contributed by atoms with Crippen LogP contribution in [0.15, 0.2) is 24.4 Å². The van der Waals surface area contributed by atoms with Gasteiger partial charge in [0.15, 0.2) is 0 Å². The van der Waals surface area contributed by atoms with Crippen LogP contribution in [0.3, 0.4) is 0 Å². The summed E-state index contributed by atoms with van der Waals surface area (Å²) in [6.45, 7) is 3.17. The fraction of sp³-hybridized carbons (Fsp3) is 0.300. The Balaban J connectivity index is 2.49. The highest BCUT2D eigenvalue weighted by Gasteiger charge is 1.99. The molecule has 0 unspecified atom stereocenters. The van der Waals surface area contributed by atoms with Crippen LogP contribution in [0.4, 0.5) is 0 Å². The van der Waals surface area contributed by atoms with Gasteiger partial charge in [0, 0.05) is 21.7 Å². The van der Waals surface area contributed by atoms with Crippen LogP contribution in [0.25, 0.3) is 10.9 Å². The lowest BCUT2D eigenvalue weighted by molar-refractivity contribution is 0.609. The summed E-state index contributed by atoms with van der Waals surface area (Å²) >= 11 is 2.32. The second-order valence-electron chi connectivity index (χ2n) is 3.10. The number of aromatic nitrogens is 2. The number of halogens is 1. The molecule has 13 heavy (non-hydrogen) atoms. The van der Waals surface area contributed by atoms with E-state index in [-0.39, 0.29) is 0 Å². The quantitative estimate of drug-likeness (QED) is 0.776. The second-order valence-corrected chi connectivity index (χ2v) is 4.34. The summed E-state index contributed by atoms with van der Waals surface area (Å²) in [5.74, 6) is 0. The first-order valence-electron chi connectivity index (χ1n) is 4.42. The van der Waals surface area contributed by atoms with E-state index in [4.69, 9.17) is 0 Å². The Kier molecular flexibility index (Phi) is 2.53. The van der Waals surface area contributed by atoms with Crippen LogP contribution in [0.2, 0.25) is 0 Å². The smallest absolute Gasteiger partial charge is 0.0924 e. The average Bonchev–Trinajstić information content (AvgIpc) is 2.46. The van der Waals surface area contributed by atoms with Gasteiger partial charge in [-0.3, -0.25) is 4.68 Å². The highest BCUT2D eigenvalue weighted by atomic mass is 127. The van der Waals surface area contributed by atoms with E-state index in [1.807, 2.05) is 4.68 Å². The van der Waals surface area contributed by atoms with Gasteiger partial charge in [0.25, 0.3) is 0 Å². The Labute approximate surface area is 91.1 Å². The molecule has 2 rings (SSSR count). The van der Waals surface area contributed by atoms with Gasteiger partial charge >= 0.3 is 0 Å². The molecule has 0 amide bonds. The van der Waals surface area contributed by atoms with Crippen LogP contribution in [0.5, 0.6) is 0 Å². The molecule has 0 radical (unpaired) electrons. The van der Waals surface area contributed by atoms with Gasteiger partial charge in [-0.1, -0.05) is 6.92 Å². The molecule has 0 saturated carbocycles. The van der Waals surface area contributed by atoms with Gasteiger partial charge in [0.1, 0.15) is 0 Å².